The second kappa shape index (κ2) is 8.35. The summed E-state index contributed by atoms with van der Waals surface area (Å²) in [4.78, 5) is 25.2. The number of nitrogens with zero attached hydrogens (tertiary/aromatic N) is 1. The van der Waals surface area contributed by atoms with Crippen LogP contribution in [0.5, 0.6) is 0 Å². The molecule has 146 valence electrons. The quantitative estimate of drug-likeness (QED) is 0.719. The summed E-state index contributed by atoms with van der Waals surface area (Å²) < 4.78 is 5.16. The minimum Gasteiger partial charge on any atom is -0.338 e. The summed E-state index contributed by atoms with van der Waals surface area (Å²) in [5, 5.41) is 9.59. The van der Waals surface area contributed by atoms with Gasteiger partial charge in [0.1, 0.15) is 0 Å². The number of benzene rings is 1. The number of carbonyl (C=O) groups excluding carboxylic acids is 2. The molecule has 3 N–H and O–H groups in total. The van der Waals surface area contributed by atoms with Gasteiger partial charge < -0.3 is 14.7 Å². The minimum absolute atomic E-state index is 0.132. The van der Waals surface area contributed by atoms with Crippen LogP contribution in [-0.2, 0) is 15.0 Å². The lowest BCUT2D eigenvalue weighted by Crippen LogP contribution is -3.11. The average molecular weight is 373 g/mol. The number of para-hydroxylation sites is 1. The number of carbonyl (C=O) groups is 2. The fourth-order valence-corrected chi connectivity index (χ4v) is 2.68. The van der Waals surface area contributed by atoms with Crippen molar-refractivity contribution in [2.45, 2.75) is 40.0 Å². The van der Waals surface area contributed by atoms with E-state index in [1.54, 1.807) is 13.1 Å². The fourth-order valence-electron chi connectivity index (χ4n) is 2.68. The van der Waals surface area contributed by atoms with Gasteiger partial charge in [-0.3, -0.25) is 14.9 Å². The molecule has 0 aliphatic rings. The van der Waals surface area contributed by atoms with Gasteiger partial charge in [-0.05, 0) is 25.0 Å². The Morgan fingerprint density at radius 2 is 1.63 bits per heavy atom. The van der Waals surface area contributed by atoms with E-state index in [0.29, 0.717) is 5.88 Å². The highest BCUT2D eigenvalue weighted by atomic mass is 16.5. The van der Waals surface area contributed by atoms with Crippen molar-refractivity contribution in [2.24, 2.45) is 0 Å². The number of anilines is 2. The normalized spacial score (nSPS) is 12.5. The van der Waals surface area contributed by atoms with Crippen molar-refractivity contribution in [3.8, 4) is 0 Å². The maximum atomic E-state index is 12.3. The highest BCUT2D eigenvalue weighted by Crippen LogP contribution is 2.23. The third-order valence-corrected chi connectivity index (χ3v) is 4.21. The third kappa shape index (κ3) is 5.92. The lowest BCUT2D eigenvalue weighted by molar-refractivity contribution is -0.862. The molecule has 2 aromatic rings. The van der Waals surface area contributed by atoms with E-state index in [2.05, 4.69) is 15.8 Å². The fraction of sp³-hybridized carbons (Fsp3) is 0.450. The first-order valence-corrected chi connectivity index (χ1v) is 9.00. The molecule has 7 heteroatoms. The molecule has 2 amide bonds. The molecule has 2 rings (SSSR count). The minimum atomic E-state index is -0.232. The van der Waals surface area contributed by atoms with Crippen molar-refractivity contribution in [3.63, 3.8) is 0 Å². The Balaban J connectivity index is 1.85. The zero-order valence-electron chi connectivity index (χ0n) is 16.9. The van der Waals surface area contributed by atoms with Gasteiger partial charge in [0.15, 0.2) is 13.1 Å². The van der Waals surface area contributed by atoms with E-state index in [9.17, 15) is 9.59 Å². The maximum absolute atomic E-state index is 12.3. The van der Waals surface area contributed by atoms with Crippen LogP contribution in [0.1, 0.15) is 37.6 Å². The summed E-state index contributed by atoms with van der Waals surface area (Å²) >= 11 is 0. The largest absolute Gasteiger partial charge is 0.338 e. The van der Waals surface area contributed by atoms with Gasteiger partial charge in [0.05, 0.1) is 12.7 Å². The summed E-state index contributed by atoms with van der Waals surface area (Å²) in [5.41, 5.74) is 3.47. The molecule has 0 fully saturated rings. The number of rotatable bonds is 6. The number of quaternary nitrogens is 1. The van der Waals surface area contributed by atoms with E-state index >= 15 is 0 Å². The van der Waals surface area contributed by atoms with Gasteiger partial charge in [0.2, 0.25) is 5.88 Å². The highest BCUT2D eigenvalue weighted by Gasteiger charge is 2.21. The van der Waals surface area contributed by atoms with Gasteiger partial charge in [0.25, 0.3) is 11.8 Å². The molecule has 1 atom stereocenters. The van der Waals surface area contributed by atoms with Crippen LogP contribution < -0.4 is 15.5 Å². The number of likely N-dealkylation sites (N-methyl/N-ethyl adjacent to an activating group) is 1. The molecule has 0 aliphatic heterocycles. The van der Waals surface area contributed by atoms with Gasteiger partial charge in [-0.25, -0.2) is 0 Å². The summed E-state index contributed by atoms with van der Waals surface area (Å²) in [6, 6.07) is 7.59. The predicted molar refractivity (Wildman–Crippen MR) is 105 cm³/mol. The van der Waals surface area contributed by atoms with Crippen molar-refractivity contribution in [2.75, 3.05) is 30.8 Å². The van der Waals surface area contributed by atoms with E-state index in [1.165, 1.54) is 0 Å². The molecule has 0 spiro atoms. The third-order valence-electron chi connectivity index (χ3n) is 4.21. The van der Waals surface area contributed by atoms with Gasteiger partial charge in [-0.15, -0.1) is 0 Å². The maximum Gasteiger partial charge on any atom is 0.281 e. The predicted octanol–water partition coefficient (Wildman–Crippen LogP) is 1.68. The number of nitrogens with one attached hydrogen (secondary N) is 3. The standard InChI is InChI=1S/C20H28N4O3/c1-13-8-7-9-14(2)19(13)22-17(26)12-24(6)11-16(25)21-18-10-15(23-27-18)20(3,4)5/h7-10H,11-12H2,1-6H3,(H,21,25)(H,22,26)/p+1. The highest BCUT2D eigenvalue weighted by molar-refractivity contribution is 5.93. The van der Waals surface area contributed by atoms with Gasteiger partial charge >= 0.3 is 0 Å². The van der Waals surface area contributed by atoms with Crippen LogP contribution in [0, 0.1) is 13.8 Å². The van der Waals surface area contributed by atoms with Crippen molar-refractivity contribution in [1.29, 1.82) is 0 Å². The zero-order valence-corrected chi connectivity index (χ0v) is 16.9. The second-order valence-electron chi connectivity index (χ2n) is 8.00. The van der Waals surface area contributed by atoms with Gasteiger partial charge in [-0.1, -0.05) is 44.1 Å². The van der Waals surface area contributed by atoms with E-state index < -0.39 is 0 Å². The number of aryl methyl sites for hydroxylation is 2. The van der Waals surface area contributed by atoms with Crippen molar-refractivity contribution in [1.82, 2.24) is 5.16 Å². The van der Waals surface area contributed by atoms with E-state index in [-0.39, 0.29) is 30.3 Å². The Kier molecular flexibility index (Phi) is 6.38. The van der Waals surface area contributed by atoms with Crippen molar-refractivity contribution < 1.29 is 19.0 Å². The van der Waals surface area contributed by atoms with Crippen LogP contribution in [0.2, 0.25) is 0 Å². The summed E-state index contributed by atoms with van der Waals surface area (Å²) in [5.74, 6) is -0.0472. The molecular formula is C20H29N4O3+. The first kappa shape index (κ1) is 20.6. The van der Waals surface area contributed by atoms with E-state index in [0.717, 1.165) is 27.4 Å². The number of hydrogen-bond donors (Lipinski definition) is 3. The van der Waals surface area contributed by atoms with Crippen LogP contribution >= 0.6 is 0 Å². The van der Waals surface area contributed by atoms with Gasteiger partial charge in [0, 0.05) is 17.2 Å². The SMILES string of the molecule is Cc1cccc(C)c1NC(=O)C[NH+](C)CC(=O)Nc1cc(C(C)(C)C)no1. The summed E-state index contributed by atoms with van der Waals surface area (Å²) in [7, 11) is 1.80. The molecule has 1 aromatic heterocycles. The van der Waals surface area contributed by atoms with Crippen LogP contribution in [0.15, 0.2) is 28.8 Å². The Labute approximate surface area is 160 Å². The molecule has 7 nitrogen and oxygen atoms in total. The Morgan fingerprint density at radius 3 is 2.15 bits per heavy atom. The van der Waals surface area contributed by atoms with E-state index in [4.69, 9.17) is 4.52 Å². The van der Waals surface area contributed by atoms with Crippen LogP contribution in [0.25, 0.3) is 0 Å². The molecule has 0 aliphatic carbocycles. The van der Waals surface area contributed by atoms with Crippen molar-refractivity contribution >= 4 is 23.4 Å². The van der Waals surface area contributed by atoms with E-state index in [1.807, 2.05) is 52.8 Å². The average Bonchev–Trinajstić information content (AvgIpc) is 2.99. The number of aromatic nitrogens is 1. The first-order valence-electron chi connectivity index (χ1n) is 9.00. The zero-order chi connectivity index (χ0) is 20.2. The van der Waals surface area contributed by atoms with Crippen LogP contribution in [-0.4, -0.2) is 37.1 Å². The molecule has 1 aromatic carbocycles. The summed E-state index contributed by atoms with van der Waals surface area (Å²) in [6.45, 7) is 10.3. The smallest absolute Gasteiger partial charge is 0.281 e. The van der Waals surface area contributed by atoms with Crippen molar-refractivity contribution in [3.05, 3.63) is 41.1 Å². The van der Waals surface area contributed by atoms with Crippen LogP contribution in [0.4, 0.5) is 11.6 Å². The topological polar surface area (TPSA) is 88.7 Å². The molecule has 27 heavy (non-hydrogen) atoms. The molecule has 1 unspecified atom stereocenters. The molecule has 0 radical (unpaired) electrons. The van der Waals surface area contributed by atoms with Crippen LogP contribution in [0.3, 0.4) is 0 Å². The molecule has 0 saturated carbocycles. The Hall–Kier alpha value is -2.67. The molecule has 0 bridgehead atoms. The number of hydrogen-bond acceptors (Lipinski definition) is 4. The lowest BCUT2D eigenvalue weighted by Gasteiger charge is -2.15. The Bertz CT molecular complexity index is 801. The first-order chi connectivity index (χ1) is 12.6. The molecular weight excluding hydrogens is 344 g/mol. The molecule has 1 heterocycles. The molecule has 0 saturated heterocycles. The lowest BCUT2D eigenvalue weighted by atomic mass is 9.92. The summed E-state index contributed by atoms with van der Waals surface area (Å²) in [6.07, 6.45) is 0. The van der Waals surface area contributed by atoms with Gasteiger partial charge in [-0.2, -0.15) is 0 Å². The number of amides is 2. The Morgan fingerprint density at radius 1 is 1.07 bits per heavy atom. The monoisotopic (exact) mass is 373 g/mol. The second-order valence-corrected chi connectivity index (χ2v) is 8.00.